The van der Waals surface area contributed by atoms with Crippen molar-refractivity contribution in [2.75, 3.05) is 6.54 Å². The summed E-state index contributed by atoms with van der Waals surface area (Å²) < 4.78 is 0. The summed E-state index contributed by atoms with van der Waals surface area (Å²) in [5, 5.41) is 3.67. The molecule has 0 saturated heterocycles. The van der Waals surface area contributed by atoms with Gasteiger partial charge in [-0.05, 0) is 25.3 Å². The second-order valence-corrected chi connectivity index (χ2v) is 9.35. The third-order valence-corrected chi connectivity index (χ3v) is 5.78. The van der Waals surface area contributed by atoms with E-state index < -0.39 is 0 Å². The number of hydrogen-bond acceptors (Lipinski definition) is 1. The molecular formula is C24H51N. The van der Waals surface area contributed by atoms with Crippen molar-refractivity contribution in [2.24, 2.45) is 5.41 Å². The van der Waals surface area contributed by atoms with Crippen LogP contribution < -0.4 is 5.32 Å². The number of rotatable bonds is 18. The fourth-order valence-corrected chi connectivity index (χ4v) is 3.30. The first-order valence-corrected chi connectivity index (χ1v) is 11.7. The first-order chi connectivity index (χ1) is 12.0. The van der Waals surface area contributed by atoms with E-state index in [9.17, 15) is 0 Å². The molecule has 1 nitrogen and oxygen atoms in total. The van der Waals surface area contributed by atoms with Crippen LogP contribution in [0.2, 0.25) is 0 Å². The first-order valence-electron chi connectivity index (χ1n) is 11.7. The smallest absolute Gasteiger partial charge is 0.00872 e. The highest BCUT2D eigenvalue weighted by Gasteiger charge is 2.18. The Hall–Kier alpha value is -0.0400. The van der Waals surface area contributed by atoms with Crippen molar-refractivity contribution < 1.29 is 0 Å². The quantitative estimate of drug-likeness (QED) is 0.244. The van der Waals surface area contributed by atoms with E-state index in [0.29, 0.717) is 11.5 Å². The Kier molecular flexibility index (Phi) is 17.3. The van der Waals surface area contributed by atoms with Crippen LogP contribution in [0.1, 0.15) is 137 Å². The second-order valence-electron chi connectivity index (χ2n) is 9.35. The van der Waals surface area contributed by atoms with E-state index in [2.05, 4.69) is 39.9 Å². The number of nitrogens with one attached hydrogen (secondary N) is 1. The topological polar surface area (TPSA) is 12.0 Å². The van der Waals surface area contributed by atoms with Gasteiger partial charge in [0.25, 0.3) is 0 Å². The van der Waals surface area contributed by atoms with Gasteiger partial charge in [0.2, 0.25) is 0 Å². The van der Waals surface area contributed by atoms with E-state index in [0.717, 1.165) is 0 Å². The third kappa shape index (κ3) is 18.5. The Morgan fingerprint density at radius 1 is 0.560 bits per heavy atom. The molecule has 0 aromatic rings. The highest BCUT2D eigenvalue weighted by molar-refractivity contribution is 4.75. The van der Waals surface area contributed by atoms with Gasteiger partial charge >= 0.3 is 0 Å². The summed E-state index contributed by atoms with van der Waals surface area (Å²) in [7, 11) is 0. The van der Waals surface area contributed by atoms with Gasteiger partial charge < -0.3 is 5.32 Å². The largest absolute Gasteiger partial charge is 0.314 e. The minimum Gasteiger partial charge on any atom is -0.314 e. The molecule has 1 atom stereocenters. The van der Waals surface area contributed by atoms with E-state index in [-0.39, 0.29) is 0 Å². The van der Waals surface area contributed by atoms with Gasteiger partial charge in [-0.1, -0.05) is 124 Å². The van der Waals surface area contributed by atoms with Gasteiger partial charge in [0.15, 0.2) is 0 Å². The average molecular weight is 354 g/mol. The van der Waals surface area contributed by atoms with Crippen molar-refractivity contribution in [1.82, 2.24) is 5.32 Å². The Labute approximate surface area is 161 Å². The molecule has 0 aromatic carbocycles. The fraction of sp³-hybridized carbons (Fsp3) is 1.00. The Bertz CT molecular complexity index is 253. The van der Waals surface area contributed by atoms with Crippen LogP contribution in [0.5, 0.6) is 0 Å². The van der Waals surface area contributed by atoms with Gasteiger partial charge in [-0.3, -0.25) is 0 Å². The van der Waals surface area contributed by atoms with Crippen molar-refractivity contribution in [3.63, 3.8) is 0 Å². The molecule has 0 rings (SSSR count). The van der Waals surface area contributed by atoms with Gasteiger partial charge in [0.05, 0.1) is 0 Å². The van der Waals surface area contributed by atoms with Crippen LogP contribution in [-0.2, 0) is 0 Å². The summed E-state index contributed by atoms with van der Waals surface area (Å²) in [4.78, 5) is 0. The Morgan fingerprint density at radius 3 is 1.20 bits per heavy atom. The van der Waals surface area contributed by atoms with Crippen LogP contribution in [0.3, 0.4) is 0 Å². The molecular weight excluding hydrogens is 302 g/mol. The molecule has 25 heavy (non-hydrogen) atoms. The molecule has 0 radical (unpaired) electrons. The monoisotopic (exact) mass is 353 g/mol. The zero-order valence-electron chi connectivity index (χ0n) is 18.6. The van der Waals surface area contributed by atoms with E-state index in [1.165, 1.54) is 109 Å². The van der Waals surface area contributed by atoms with Gasteiger partial charge in [-0.15, -0.1) is 0 Å². The molecule has 152 valence electrons. The molecule has 0 spiro atoms. The Balaban J connectivity index is 3.10. The predicted molar refractivity (Wildman–Crippen MR) is 116 cm³/mol. The third-order valence-electron chi connectivity index (χ3n) is 5.78. The zero-order chi connectivity index (χ0) is 18.8. The van der Waals surface area contributed by atoms with Crippen molar-refractivity contribution in [1.29, 1.82) is 0 Å². The zero-order valence-corrected chi connectivity index (χ0v) is 18.6. The molecule has 0 bridgehead atoms. The van der Waals surface area contributed by atoms with Crippen LogP contribution >= 0.6 is 0 Å². The minimum atomic E-state index is 0.384. The van der Waals surface area contributed by atoms with Crippen LogP contribution in [0.4, 0.5) is 0 Å². The molecule has 1 N–H and O–H groups in total. The molecule has 0 aliphatic heterocycles. The summed E-state index contributed by atoms with van der Waals surface area (Å²) in [5.41, 5.74) is 0.384. The van der Waals surface area contributed by atoms with Gasteiger partial charge in [-0.25, -0.2) is 0 Å². The van der Waals surface area contributed by atoms with E-state index in [1.54, 1.807) is 0 Å². The van der Waals surface area contributed by atoms with Crippen molar-refractivity contribution in [2.45, 2.75) is 143 Å². The summed E-state index contributed by atoms with van der Waals surface area (Å²) in [6.45, 7) is 12.8. The molecule has 1 heteroatoms. The maximum Gasteiger partial charge on any atom is 0.00872 e. The minimum absolute atomic E-state index is 0.384. The highest BCUT2D eigenvalue weighted by atomic mass is 14.9. The van der Waals surface area contributed by atoms with E-state index >= 15 is 0 Å². The SMILES string of the molecule is CCCCCCCCCCCCCCCCCCNC(C)C(C)(C)C. The van der Waals surface area contributed by atoms with Crippen LogP contribution in [0, 0.1) is 5.41 Å². The van der Waals surface area contributed by atoms with E-state index in [1.807, 2.05) is 0 Å². The van der Waals surface area contributed by atoms with Gasteiger partial charge in [0, 0.05) is 6.04 Å². The molecule has 1 unspecified atom stereocenters. The Morgan fingerprint density at radius 2 is 0.880 bits per heavy atom. The molecule has 0 aliphatic rings. The first kappa shape index (κ1) is 25.0. The van der Waals surface area contributed by atoms with Crippen molar-refractivity contribution in [3.05, 3.63) is 0 Å². The summed E-state index contributed by atoms with van der Waals surface area (Å²) >= 11 is 0. The molecule has 0 aromatic heterocycles. The predicted octanol–water partition coefficient (Wildman–Crippen LogP) is 8.27. The standard InChI is InChI=1S/C24H51N/c1-6-7-8-9-10-11-12-13-14-15-16-17-18-19-20-21-22-25-23(2)24(3,4)5/h23,25H,6-22H2,1-5H3. The lowest BCUT2D eigenvalue weighted by Crippen LogP contribution is -2.38. The summed E-state index contributed by atoms with van der Waals surface area (Å²) in [6, 6.07) is 0.615. The molecule has 0 aliphatic carbocycles. The average Bonchev–Trinajstić information content (AvgIpc) is 2.56. The molecule has 0 saturated carbocycles. The molecule has 0 fully saturated rings. The fourth-order valence-electron chi connectivity index (χ4n) is 3.30. The summed E-state index contributed by atoms with van der Waals surface area (Å²) in [6.07, 6.45) is 23.2. The molecule has 0 heterocycles. The van der Waals surface area contributed by atoms with Crippen molar-refractivity contribution in [3.8, 4) is 0 Å². The van der Waals surface area contributed by atoms with Crippen LogP contribution in [0.15, 0.2) is 0 Å². The number of unbranched alkanes of at least 4 members (excludes halogenated alkanes) is 15. The maximum atomic E-state index is 3.67. The second kappa shape index (κ2) is 17.4. The normalized spacial score (nSPS) is 13.3. The van der Waals surface area contributed by atoms with Crippen molar-refractivity contribution >= 4 is 0 Å². The lowest BCUT2D eigenvalue weighted by Gasteiger charge is -2.28. The lowest BCUT2D eigenvalue weighted by atomic mass is 9.88. The van der Waals surface area contributed by atoms with Gasteiger partial charge in [0.1, 0.15) is 0 Å². The highest BCUT2D eigenvalue weighted by Crippen LogP contribution is 2.18. The lowest BCUT2D eigenvalue weighted by molar-refractivity contribution is 0.285. The molecule has 0 amide bonds. The van der Waals surface area contributed by atoms with E-state index in [4.69, 9.17) is 0 Å². The van der Waals surface area contributed by atoms with Gasteiger partial charge in [-0.2, -0.15) is 0 Å². The van der Waals surface area contributed by atoms with Crippen LogP contribution in [-0.4, -0.2) is 12.6 Å². The maximum absolute atomic E-state index is 3.67. The summed E-state index contributed by atoms with van der Waals surface area (Å²) in [5.74, 6) is 0. The van der Waals surface area contributed by atoms with Crippen LogP contribution in [0.25, 0.3) is 0 Å². The number of hydrogen-bond donors (Lipinski definition) is 1.